The second kappa shape index (κ2) is 12.7. The van der Waals surface area contributed by atoms with Gasteiger partial charge < -0.3 is 25.0 Å². The van der Waals surface area contributed by atoms with E-state index in [0.717, 1.165) is 31.0 Å². The van der Waals surface area contributed by atoms with E-state index in [1.54, 1.807) is 26.5 Å². The fourth-order valence-corrected chi connectivity index (χ4v) is 4.37. The molecule has 1 fully saturated rings. The number of carbonyl (C=O) groups is 1. The molecule has 11 nitrogen and oxygen atoms in total. The van der Waals surface area contributed by atoms with Crippen LogP contribution in [0.15, 0.2) is 43.2 Å². The summed E-state index contributed by atoms with van der Waals surface area (Å²) in [6.07, 6.45) is 6.23. The molecule has 2 aromatic heterocycles. The number of aromatic nitrogens is 4. The van der Waals surface area contributed by atoms with Gasteiger partial charge in [-0.05, 0) is 37.6 Å². The van der Waals surface area contributed by atoms with Crippen molar-refractivity contribution in [1.29, 1.82) is 0 Å². The molecule has 0 atom stereocenters. The van der Waals surface area contributed by atoms with Gasteiger partial charge in [0.2, 0.25) is 11.9 Å². The van der Waals surface area contributed by atoms with Crippen LogP contribution >= 0.6 is 0 Å². The highest BCUT2D eigenvalue weighted by Gasteiger charge is 2.21. The lowest BCUT2D eigenvalue weighted by molar-refractivity contribution is -0.111. The summed E-state index contributed by atoms with van der Waals surface area (Å²) in [6.45, 7) is 12.2. The first kappa shape index (κ1) is 28.1. The Kier molecular flexibility index (Phi) is 9.15. The van der Waals surface area contributed by atoms with Crippen molar-refractivity contribution in [2.45, 2.75) is 32.7 Å². The minimum atomic E-state index is -0.320. The SMILES string of the molecule is C=CC(=O)Nc1cc(Nc2nccc(-n3cc(CN4CCC4)c(C(C)C)n3)n2)c(OC)cc1N(C)CCOC. The lowest BCUT2D eigenvalue weighted by Gasteiger charge is -2.30. The molecule has 3 heterocycles. The van der Waals surface area contributed by atoms with Crippen LogP contribution in [0.5, 0.6) is 5.75 Å². The van der Waals surface area contributed by atoms with Crippen LogP contribution in [0.3, 0.4) is 0 Å². The monoisotopic (exact) mass is 534 g/mol. The molecular weight excluding hydrogens is 496 g/mol. The molecule has 0 unspecified atom stereocenters. The number of ether oxygens (including phenoxy) is 2. The Bertz CT molecular complexity index is 1300. The third kappa shape index (κ3) is 6.73. The molecule has 0 aliphatic carbocycles. The van der Waals surface area contributed by atoms with Gasteiger partial charge in [0, 0.05) is 57.3 Å². The van der Waals surface area contributed by atoms with Gasteiger partial charge in [0.25, 0.3) is 0 Å². The summed E-state index contributed by atoms with van der Waals surface area (Å²) in [7, 11) is 5.16. The Morgan fingerprint density at radius 3 is 2.69 bits per heavy atom. The summed E-state index contributed by atoms with van der Waals surface area (Å²) in [5.41, 5.74) is 4.25. The molecule has 2 N–H and O–H groups in total. The van der Waals surface area contributed by atoms with Gasteiger partial charge in [-0.2, -0.15) is 10.1 Å². The summed E-state index contributed by atoms with van der Waals surface area (Å²) in [6, 6.07) is 5.48. The van der Waals surface area contributed by atoms with E-state index < -0.39 is 0 Å². The zero-order valence-corrected chi connectivity index (χ0v) is 23.4. The maximum Gasteiger partial charge on any atom is 0.247 e. The van der Waals surface area contributed by atoms with E-state index >= 15 is 0 Å². The van der Waals surface area contributed by atoms with E-state index in [9.17, 15) is 4.79 Å². The molecule has 1 aliphatic heterocycles. The molecule has 0 saturated carbocycles. The fraction of sp³-hybridized carbons (Fsp3) is 0.429. The molecule has 1 saturated heterocycles. The van der Waals surface area contributed by atoms with Crippen LogP contribution in [0.2, 0.25) is 0 Å². The van der Waals surface area contributed by atoms with Crippen LogP contribution in [0.25, 0.3) is 5.82 Å². The average molecular weight is 535 g/mol. The van der Waals surface area contributed by atoms with Crippen molar-refractivity contribution in [1.82, 2.24) is 24.6 Å². The van der Waals surface area contributed by atoms with E-state index in [2.05, 4.69) is 47.1 Å². The van der Waals surface area contributed by atoms with Crippen molar-refractivity contribution in [3.63, 3.8) is 0 Å². The zero-order valence-electron chi connectivity index (χ0n) is 23.4. The van der Waals surface area contributed by atoms with E-state index in [4.69, 9.17) is 19.6 Å². The number of likely N-dealkylation sites (N-methyl/N-ethyl adjacent to an activating group) is 1. The number of carbonyl (C=O) groups excluding carboxylic acids is 1. The lowest BCUT2D eigenvalue weighted by Crippen LogP contribution is -2.36. The van der Waals surface area contributed by atoms with E-state index in [0.29, 0.717) is 48.0 Å². The molecule has 0 spiro atoms. The van der Waals surface area contributed by atoms with Crippen LogP contribution in [0.1, 0.15) is 37.4 Å². The van der Waals surface area contributed by atoms with Crippen LogP contribution in [-0.2, 0) is 16.1 Å². The first-order valence-electron chi connectivity index (χ1n) is 13.1. The van der Waals surface area contributed by atoms with Crippen LogP contribution in [0, 0.1) is 0 Å². The molecule has 4 rings (SSSR count). The lowest BCUT2D eigenvalue weighted by atomic mass is 10.1. The van der Waals surface area contributed by atoms with Gasteiger partial charge in [-0.25, -0.2) is 9.67 Å². The summed E-state index contributed by atoms with van der Waals surface area (Å²) in [5.74, 6) is 1.57. The summed E-state index contributed by atoms with van der Waals surface area (Å²) in [4.78, 5) is 25.7. The van der Waals surface area contributed by atoms with Crippen molar-refractivity contribution >= 4 is 28.9 Å². The first-order valence-corrected chi connectivity index (χ1v) is 13.1. The van der Waals surface area contributed by atoms with Gasteiger partial charge in [-0.15, -0.1) is 0 Å². The van der Waals surface area contributed by atoms with E-state index in [1.165, 1.54) is 18.1 Å². The normalized spacial score (nSPS) is 13.2. The molecular formula is C28H38N8O3. The highest BCUT2D eigenvalue weighted by Crippen LogP contribution is 2.38. The second-order valence-corrected chi connectivity index (χ2v) is 9.81. The molecule has 208 valence electrons. The molecule has 0 radical (unpaired) electrons. The van der Waals surface area contributed by atoms with Gasteiger partial charge in [0.05, 0.1) is 36.5 Å². The standard InChI is InChI=1S/C28H38N8O3/c1-7-26(37)30-21-15-22(24(39-6)16-23(21)34(4)13-14-38-5)31-28-29-10-9-25(32-28)36-18-20(17-35-11-8-12-35)27(33-36)19(2)3/h7,9-10,15-16,18-19H,1,8,11-14,17H2,2-6H3,(H,30,37)(H,29,31,32). The summed E-state index contributed by atoms with van der Waals surface area (Å²) < 4.78 is 12.7. The van der Waals surface area contributed by atoms with Gasteiger partial charge in [0.1, 0.15) is 5.75 Å². The van der Waals surface area contributed by atoms with E-state index in [-0.39, 0.29) is 5.91 Å². The molecule has 3 aromatic rings. The smallest absolute Gasteiger partial charge is 0.247 e. The van der Waals surface area contributed by atoms with Crippen molar-refractivity contribution in [3.8, 4) is 11.6 Å². The number of amides is 1. The minimum absolute atomic E-state index is 0.302. The summed E-state index contributed by atoms with van der Waals surface area (Å²) in [5, 5.41) is 11.0. The predicted octanol–water partition coefficient (Wildman–Crippen LogP) is 3.95. The Morgan fingerprint density at radius 1 is 1.26 bits per heavy atom. The largest absolute Gasteiger partial charge is 0.494 e. The molecule has 11 heteroatoms. The van der Waals surface area contributed by atoms with Gasteiger partial charge in [-0.1, -0.05) is 20.4 Å². The number of rotatable bonds is 13. The molecule has 1 aromatic carbocycles. The van der Waals surface area contributed by atoms with Crippen LogP contribution in [0.4, 0.5) is 23.0 Å². The van der Waals surface area contributed by atoms with Crippen LogP contribution < -0.4 is 20.3 Å². The van der Waals surface area contributed by atoms with Gasteiger partial charge >= 0.3 is 0 Å². The third-order valence-electron chi connectivity index (χ3n) is 6.64. The maximum absolute atomic E-state index is 12.2. The average Bonchev–Trinajstić information content (AvgIpc) is 3.34. The topological polar surface area (TPSA) is 110 Å². The van der Waals surface area contributed by atoms with Crippen molar-refractivity contribution in [3.05, 3.63) is 54.5 Å². The first-order chi connectivity index (χ1) is 18.8. The van der Waals surface area contributed by atoms with Crippen molar-refractivity contribution in [2.75, 3.05) is 63.0 Å². The Hall–Kier alpha value is -3.96. The zero-order chi connectivity index (χ0) is 27.9. The third-order valence-corrected chi connectivity index (χ3v) is 6.64. The maximum atomic E-state index is 12.2. The van der Waals surface area contributed by atoms with Crippen molar-refractivity contribution < 1.29 is 14.3 Å². The molecule has 0 bridgehead atoms. The van der Waals surface area contributed by atoms with Gasteiger partial charge in [-0.3, -0.25) is 9.69 Å². The number of nitrogens with one attached hydrogen (secondary N) is 2. The Balaban J connectivity index is 1.64. The van der Waals surface area contributed by atoms with E-state index in [1.807, 2.05) is 28.8 Å². The number of anilines is 4. The molecule has 1 aliphatic rings. The number of hydrogen-bond donors (Lipinski definition) is 2. The Morgan fingerprint density at radius 2 is 2.05 bits per heavy atom. The number of hydrogen-bond acceptors (Lipinski definition) is 9. The number of benzene rings is 1. The number of methoxy groups -OCH3 is 2. The number of likely N-dealkylation sites (tertiary alicyclic amines) is 1. The quantitative estimate of drug-likeness (QED) is 0.315. The van der Waals surface area contributed by atoms with Crippen LogP contribution in [-0.4, -0.2) is 78.1 Å². The molecule has 39 heavy (non-hydrogen) atoms. The summed E-state index contributed by atoms with van der Waals surface area (Å²) >= 11 is 0. The van der Waals surface area contributed by atoms with Crippen molar-refractivity contribution in [2.24, 2.45) is 0 Å². The highest BCUT2D eigenvalue weighted by molar-refractivity contribution is 6.02. The number of nitrogens with zero attached hydrogens (tertiary/aromatic N) is 6. The highest BCUT2D eigenvalue weighted by atomic mass is 16.5. The van der Waals surface area contributed by atoms with Gasteiger partial charge in [0.15, 0.2) is 5.82 Å². The predicted molar refractivity (Wildman–Crippen MR) is 153 cm³/mol. The molecule has 1 amide bonds. The second-order valence-electron chi connectivity index (χ2n) is 9.81. The Labute approximate surface area is 229 Å². The minimum Gasteiger partial charge on any atom is -0.494 e. The fourth-order valence-electron chi connectivity index (χ4n) is 4.37.